The highest BCUT2D eigenvalue weighted by molar-refractivity contribution is 14.1. The van der Waals surface area contributed by atoms with Crippen LogP contribution in [0.3, 0.4) is 0 Å². The summed E-state index contributed by atoms with van der Waals surface area (Å²) in [5.74, 6) is -0.671. The Kier molecular flexibility index (Phi) is 12.8. The van der Waals surface area contributed by atoms with E-state index in [-0.39, 0.29) is 60.5 Å². The summed E-state index contributed by atoms with van der Waals surface area (Å²) in [6.45, 7) is 1.65. The first-order valence-electron chi connectivity index (χ1n) is 20.2. The Morgan fingerprint density at radius 3 is 1.33 bits per heavy atom. The Hall–Kier alpha value is -5.16. The topological polar surface area (TPSA) is 109 Å². The number of rotatable bonds is 12. The Labute approximate surface area is 391 Å². The number of carbonyl (C=O) groups excluding carboxylic acids is 4. The molecule has 0 saturated heterocycles. The second-order valence-electron chi connectivity index (χ2n) is 15.8. The average molecular weight is 1110 g/mol. The first-order chi connectivity index (χ1) is 30.4. The number of nitrogens with one attached hydrogen (secondary N) is 2. The van der Waals surface area contributed by atoms with Gasteiger partial charge in [-0.3, -0.25) is 19.4 Å². The standard InChI is InChI=1S/C45H39F6I2N7O4/c1-56(18-4-20-57-24-34-36(40(57)61)38(26-10-14-30(52)15-11-26)54-42(63)59(34)32-8-2-6-28(22-32)44(46,47)48)19-5-21-58-25-35-37(41(58)62)39(27-12-16-31(53)17-13-27)55-43(64)60(35)33-9-3-7-29(23-33)45(49,50)51/h2-3,6-17,22-23,38-39H,4-5,18-21,24-25H2,1H3,(H,54,63)(H,55,64)/t38-,39-/m1/s1. The highest BCUT2D eigenvalue weighted by Gasteiger charge is 2.47. The molecular weight excluding hydrogens is 1070 g/mol. The molecule has 0 unspecified atom stereocenters. The molecule has 4 heterocycles. The van der Waals surface area contributed by atoms with Gasteiger partial charge in [-0.15, -0.1) is 0 Å². The summed E-state index contributed by atoms with van der Waals surface area (Å²) in [4.78, 5) is 63.1. The summed E-state index contributed by atoms with van der Waals surface area (Å²) in [6, 6.07) is 20.5. The van der Waals surface area contributed by atoms with Gasteiger partial charge < -0.3 is 25.3 Å². The lowest BCUT2D eigenvalue weighted by Crippen LogP contribution is -2.47. The summed E-state index contributed by atoms with van der Waals surface area (Å²) >= 11 is 4.29. The second-order valence-corrected chi connectivity index (χ2v) is 18.3. The number of anilines is 2. The molecule has 0 aromatic heterocycles. The van der Waals surface area contributed by atoms with E-state index in [2.05, 4.69) is 55.8 Å². The summed E-state index contributed by atoms with van der Waals surface area (Å²) in [5, 5.41) is 5.70. The van der Waals surface area contributed by atoms with Crippen LogP contribution < -0.4 is 20.4 Å². The van der Waals surface area contributed by atoms with E-state index in [1.54, 1.807) is 34.1 Å². The van der Waals surface area contributed by atoms with E-state index in [4.69, 9.17) is 0 Å². The number of alkyl halides is 6. The molecule has 4 aromatic rings. The molecule has 6 amide bonds. The maximum Gasteiger partial charge on any atom is 0.416 e. The van der Waals surface area contributed by atoms with Crippen LogP contribution in [0.25, 0.3) is 0 Å². The molecule has 4 aromatic carbocycles. The lowest BCUT2D eigenvalue weighted by atomic mass is 9.95. The number of hydrogen-bond acceptors (Lipinski definition) is 5. The van der Waals surface area contributed by atoms with Gasteiger partial charge in [-0.2, -0.15) is 26.3 Å². The molecule has 11 nitrogen and oxygen atoms in total. The second kappa shape index (κ2) is 18.0. The van der Waals surface area contributed by atoms with Crippen molar-refractivity contribution in [2.45, 2.75) is 37.3 Å². The van der Waals surface area contributed by atoms with Crippen molar-refractivity contribution in [2.75, 3.05) is 56.1 Å². The molecule has 64 heavy (non-hydrogen) atoms. The first-order valence-corrected chi connectivity index (χ1v) is 22.3. The molecule has 4 aliphatic rings. The van der Waals surface area contributed by atoms with E-state index in [1.807, 2.05) is 36.2 Å². The zero-order valence-corrected chi connectivity index (χ0v) is 38.3. The highest BCUT2D eigenvalue weighted by Crippen LogP contribution is 2.42. The van der Waals surface area contributed by atoms with Crippen molar-refractivity contribution in [3.63, 3.8) is 0 Å². The van der Waals surface area contributed by atoms with Crippen molar-refractivity contribution in [1.82, 2.24) is 25.3 Å². The van der Waals surface area contributed by atoms with E-state index in [9.17, 15) is 45.5 Å². The largest absolute Gasteiger partial charge is 0.416 e. The Bertz CT molecular complexity index is 2390. The summed E-state index contributed by atoms with van der Waals surface area (Å²) in [7, 11) is 1.89. The lowest BCUT2D eigenvalue weighted by Gasteiger charge is -2.34. The maximum atomic E-state index is 14.1. The summed E-state index contributed by atoms with van der Waals surface area (Å²) in [6.07, 6.45) is -8.27. The maximum absolute atomic E-state index is 14.1. The van der Waals surface area contributed by atoms with Gasteiger partial charge in [-0.25, -0.2) is 9.59 Å². The number of hydrogen-bond donors (Lipinski definition) is 2. The molecule has 0 aliphatic carbocycles. The van der Waals surface area contributed by atoms with Crippen molar-refractivity contribution in [2.24, 2.45) is 0 Å². The van der Waals surface area contributed by atoms with E-state index < -0.39 is 47.6 Å². The van der Waals surface area contributed by atoms with Gasteiger partial charge in [-0.05, 0) is 150 Å². The number of benzene rings is 4. The van der Waals surface area contributed by atoms with Crippen molar-refractivity contribution >= 4 is 80.4 Å². The SMILES string of the molecule is CN(CCCN1CC2=C(C1=O)[C@@H](c1ccc(I)cc1)NC(=O)N2c1cccc(C(F)(F)F)c1)CCCN1CC2=C(C1=O)[C@@H](c1ccc(I)cc1)NC(=O)N2c1cccc(C(F)(F)F)c1. The van der Waals surface area contributed by atoms with Gasteiger partial charge in [-0.1, -0.05) is 36.4 Å². The minimum Gasteiger partial charge on any atom is -0.333 e. The number of halogens is 8. The van der Waals surface area contributed by atoms with E-state index in [0.717, 1.165) is 41.2 Å². The zero-order chi connectivity index (χ0) is 45.7. The Morgan fingerprint density at radius 2 is 0.969 bits per heavy atom. The molecule has 0 bridgehead atoms. The minimum atomic E-state index is -4.65. The number of amides is 6. The summed E-state index contributed by atoms with van der Waals surface area (Å²) < 4.78 is 84.3. The van der Waals surface area contributed by atoms with Crippen molar-refractivity contribution < 1.29 is 45.5 Å². The normalized spacial score (nSPS) is 19.2. The van der Waals surface area contributed by atoms with Crippen LogP contribution in [0.5, 0.6) is 0 Å². The summed E-state index contributed by atoms with van der Waals surface area (Å²) in [5.41, 5.74) is 0.617. The van der Waals surface area contributed by atoms with Gasteiger partial charge in [0.15, 0.2) is 0 Å². The van der Waals surface area contributed by atoms with Gasteiger partial charge in [0.2, 0.25) is 0 Å². The smallest absolute Gasteiger partial charge is 0.333 e. The number of urea groups is 2. The van der Waals surface area contributed by atoms with Crippen LogP contribution in [0.15, 0.2) is 120 Å². The van der Waals surface area contributed by atoms with Crippen LogP contribution in [-0.2, 0) is 21.9 Å². The van der Waals surface area contributed by atoms with Gasteiger partial charge in [0.1, 0.15) is 0 Å². The number of nitrogens with zero attached hydrogens (tertiary/aromatic N) is 5. The quantitative estimate of drug-likeness (QED) is 0.109. The Balaban J connectivity index is 0.927. The van der Waals surface area contributed by atoms with Crippen molar-refractivity contribution in [3.05, 3.63) is 149 Å². The third-order valence-electron chi connectivity index (χ3n) is 11.6. The molecule has 334 valence electrons. The Morgan fingerprint density at radius 1 is 0.594 bits per heavy atom. The van der Waals surface area contributed by atoms with Crippen LogP contribution in [0.1, 0.15) is 47.2 Å². The van der Waals surface area contributed by atoms with Gasteiger partial charge >= 0.3 is 24.4 Å². The van der Waals surface area contributed by atoms with Crippen LogP contribution >= 0.6 is 45.2 Å². The van der Waals surface area contributed by atoms with Crippen LogP contribution in [-0.4, -0.2) is 84.9 Å². The molecule has 4 aliphatic heterocycles. The van der Waals surface area contributed by atoms with Gasteiger partial charge in [0, 0.05) is 20.2 Å². The van der Waals surface area contributed by atoms with Crippen LogP contribution in [0.2, 0.25) is 0 Å². The molecule has 0 radical (unpaired) electrons. The van der Waals surface area contributed by atoms with E-state index >= 15 is 0 Å². The molecule has 0 fully saturated rings. The highest BCUT2D eigenvalue weighted by atomic mass is 127. The first kappa shape index (κ1) is 45.4. The number of carbonyl (C=O) groups is 4. The van der Waals surface area contributed by atoms with Gasteiger partial charge in [0.05, 0.1) is 70.2 Å². The zero-order valence-electron chi connectivity index (χ0n) is 33.9. The average Bonchev–Trinajstić information content (AvgIpc) is 3.75. The molecular formula is C45H39F6I2N7O4. The predicted octanol–water partition coefficient (Wildman–Crippen LogP) is 9.08. The van der Waals surface area contributed by atoms with Gasteiger partial charge in [0.25, 0.3) is 11.8 Å². The third-order valence-corrected chi connectivity index (χ3v) is 13.0. The van der Waals surface area contributed by atoms with E-state index in [0.29, 0.717) is 48.5 Å². The van der Waals surface area contributed by atoms with Crippen molar-refractivity contribution in [1.29, 1.82) is 0 Å². The molecule has 8 rings (SSSR count). The van der Waals surface area contributed by atoms with Crippen LogP contribution in [0, 0.1) is 7.14 Å². The molecule has 2 N–H and O–H groups in total. The molecule has 19 heteroatoms. The fraction of sp³-hybridized carbons (Fsp3) is 0.289. The van der Waals surface area contributed by atoms with E-state index in [1.165, 1.54) is 24.3 Å². The molecule has 0 saturated carbocycles. The monoisotopic (exact) mass is 1110 g/mol. The third kappa shape index (κ3) is 9.19. The van der Waals surface area contributed by atoms with Crippen molar-refractivity contribution in [3.8, 4) is 0 Å². The predicted molar refractivity (Wildman–Crippen MR) is 243 cm³/mol. The fourth-order valence-electron chi connectivity index (χ4n) is 8.53. The molecule has 0 spiro atoms. The lowest BCUT2D eigenvalue weighted by molar-refractivity contribution is -0.138. The van der Waals surface area contributed by atoms with Crippen LogP contribution in [0.4, 0.5) is 47.3 Å². The molecule has 2 atom stereocenters. The fourth-order valence-corrected chi connectivity index (χ4v) is 9.25. The minimum absolute atomic E-state index is 0.00917.